The fourth-order valence-corrected chi connectivity index (χ4v) is 3.53. The monoisotopic (exact) mass is 263 g/mol. The van der Waals surface area contributed by atoms with Gasteiger partial charge in [-0.3, -0.25) is 4.79 Å². The maximum atomic E-state index is 12.5. The van der Waals surface area contributed by atoms with Crippen LogP contribution in [0.25, 0.3) is 0 Å². The lowest BCUT2D eigenvalue weighted by atomic mass is 9.77. The molecule has 4 nitrogen and oxygen atoms in total. The molecule has 19 heavy (non-hydrogen) atoms. The smallest absolute Gasteiger partial charge is 0.225 e. The molecule has 1 amide bonds. The molecule has 4 heteroatoms. The first-order chi connectivity index (χ1) is 9.12. The van der Waals surface area contributed by atoms with E-state index in [1.54, 1.807) is 0 Å². The van der Waals surface area contributed by atoms with Gasteiger partial charge in [0.2, 0.25) is 5.91 Å². The number of nitrogens with zero attached hydrogens (tertiary/aromatic N) is 2. The molecule has 0 aliphatic heterocycles. The van der Waals surface area contributed by atoms with E-state index >= 15 is 0 Å². The number of carbonyl (C=O) groups is 1. The van der Waals surface area contributed by atoms with Crippen LogP contribution in [0.15, 0.2) is 0 Å². The van der Waals surface area contributed by atoms with Gasteiger partial charge in [0.25, 0.3) is 0 Å². The molecule has 0 aromatic heterocycles. The van der Waals surface area contributed by atoms with E-state index in [0.717, 1.165) is 38.5 Å². The molecular weight excluding hydrogens is 238 g/mol. The third kappa shape index (κ3) is 2.92. The predicted octanol–water partition coefficient (Wildman–Crippen LogP) is 2.06. The van der Waals surface area contributed by atoms with E-state index < -0.39 is 5.54 Å². The van der Waals surface area contributed by atoms with Gasteiger partial charge in [0.15, 0.2) is 0 Å². The molecule has 2 rings (SSSR count). The summed E-state index contributed by atoms with van der Waals surface area (Å²) in [5, 5.41) is 12.4. The van der Waals surface area contributed by atoms with Crippen molar-refractivity contribution in [1.82, 2.24) is 10.2 Å². The quantitative estimate of drug-likeness (QED) is 0.848. The highest BCUT2D eigenvalue weighted by molar-refractivity contribution is 5.79. The fourth-order valence-electron chi connectivity index (χ4n) is 3.53. The standard InChI is InChI=1S/C15H25N3O/c1-17-15(11-16)9-7-12(8-10-15)14(19)18(2)13-5-3-4-6-13/h12-13,17H,3-10H2,1-2H3. The van der Waals surface area contributed by atoms with Crippen molar-refractivity contribution in [3.05, 3.63) is 0 Å². The second-order valence-electron chi connectivity index (χ2n) is 6.11. The van der Waals surface area contributed by atoms with Crippen molar-refractivity contribution in [3.63, 3.8) is 0 Å². The van der Waals surface area contributed by atoms with E-state index in [-0.39, 0.29) is 5.92 Å². The average Bonchev–Trinajstić information content (AvgIpc) is 3.00. The molecule has 0 spiro atoms. The van der Waals surface area contributed by atoms with E-state index in [2.05, 4.69) is 11.4 Å². The van der Waals surface area contributed by atoms with Crippen LogP contribution in [-0.4, -0.2) is 36.5 Å². The van der Waals surface area contributed by atoms with Crippen molar-refractivity contribution in [2.75, 3.05) is 14.1 Å². The lowest BCUT2D eigenvalue weighted by molar-refractivity contribution is -0.137. The zero-order chi connectivity index (χ0) is 13.9. The van der Waals surface area contributed by atoms with Crippen molar-refractivity contribution >= 4 is 5.91 Å². The fraction of sp³-hybridized carbons (Fsp3) is 0.867. The summed E-state index contributed by atoms with van der Waals surface area (Å²) in [6.07, 6.45) is 8.08. The molecule has 2 aliphatic carbocycles. The van der Waals surface area contributed by atoms with Gasteiger partial charge < -0.3 is 10.2 Å². The van der Waals surface area contributed by atoms with Crippen LogP contribution in [0.5, 0.6) is 0 Å². The number of hydrogen-bond donors (Lipinski definition) is 1. The summed E-state index contributed by atoms with van der Waals surface area (Å²) in [6.45, 7) is 0. The number of rotatable bonds is 3. The Kier molecular flexibility index (Phi) is 4.46. The van der Waals surface area contributed by atoms with Gasteiger partial charge in [0.05, 0.1) is 6.07 Å². The summed E-state index contributed by atoms with van der Waals surface area (Å²) >= 11 is 0. The Morgan fingerprint density at radius 1 is 1.26 bits per heavy atom. The minimum Gasteiger partial charge on any atom is -0.343 e. The molecule has 0 heterocycles. The van der Waals surface area contributed by atoms with Crippen molar-refractivity contribution < 1.29 is 4.79 Å². The van der Waals surface area contributed by atoms with Crippen LogP contribution in [0, 0.1) is 17.2 Å². The third-order valence-electron chi connectivity index (χ3n) is 5.10. The Balaban J connectivity index is 1.90. The van der Waals surface area contributed by atoms with E-state index in [0.29, 0.717) is 11.9 Å². The molecule has 2 saturated carbocycles. The van der Waals surface area contributed by atoms with Gasteiger partial charge in [-0.05, 0) is 45.6 Å². The summed E-state index contributed by atoms with van der Waals surface area (Å²) in [4.78, 5) is 14.5. The van der Waals surface area contributed by atoms with Crippen molar-refractivity contribution in [1.29, 1.82) is 5.26 Å². The van der Waals surface area contributed by atoms with Crippen LogP contribution in [0.3, 0.4) is 0 Å². The van der Waals surface area contributed by atoms with Gasteiger partial charge in [0, 0.05) is 19.0 Å². The molecule has 0 aromatic rings. The highest BCUT2D eigenvalue weighted by atomic mass is 16.2. The minimum absolute atomic E-state index is 0.125. The van der Waals surface area contributed by atoms with Gasteiger partial charge in [-0.1, -0.05) is 12.8 Å². The van der Waals surface area contributed by atoms with Crippen LogP contribution < -0.4 is 5.32 Å². The second kappa shape index (κ2) is 5.92. The number of hydrogen-bond acceptors (Lipinski definition) is 3. The first-order valence-electron chi connectivity index (χ1n) is 7.49. The number of nitrogens with one attached hydrogen (secondary N) is 1. The van der Waals surface area contributed by atoms with E-state index in [1.165, 1.54) is 12.8 Å². The molecule has 1 N–H and O–H groups in total. The number of amides is 1. The molecular formula is C15H25N3O. The highest BCUT2D eigenvalue weighted by Crippen LogP contribution is 2.33. The summed E-state index contributed by atoms with van der Waals surface area (Å²) in [6, 6.07) is 2.83. The molecule has 0 bridgehead atoms. The lowest BCUT2D eigenvalue weighted by Crippen LogP contribution is -2.48. The van der Waals surface area contributed by atoms with Gasteiger partial charge in [0.1, 0.15) is 5.54 Å². The number of nitriles is 1. The molecule has 2 fully saturated rings. The number of carbonyl (C=O) groups excluding carboxylic acids is 1. The Hall–Kier alpha value is -1.08. The molecule has 106 valence electrons. The van der Waals surface area contributed by atoms with E-state index in [1.807, 2.05) is 19.0 Å². The van der Waals surface area contributed by atoms with E-state index in [4.69, 9.17) is 0 Å². The Morgan fingerprint density at radius 2 is 1.84 bits per heavy atom. The molecule has 0 unspecified atom stereocenters. The van der Waals surface area contributed by atoms with Gasteiger partial charge in [-0.25, -0.2) is 0 Å². The normalized spacial score (nSPS) is 31.9. The van der Waals surface area contributed by atoms with Gasteiger partial charge in [-0.15, -0.1) is 0 Å². The highest BCUT2D eigenvalue weighted by Gasteiger charge is 2.38. The third-order valence-corrected chi connectivity index (χ3v) is 5.10. The average molecular weight is 263 g/mol. The summed E-state index contributed by atoms with van der Waals surface area (Å²) in [7, 11) is 3.80. The largest absolute Gasteiger partial charge is 0.343 e. The second-order valence-corrected chi connectivity index (χ2v) is 6.11. The first-order valence-corrected chi connectivity index (χ1v) is 7.49. The Bertz CT molecular complexity index is 360. The molecule has 0 radical (unpaired) electrons. The van der Waals surface area contributed by atoms with Crippen LogP contribution in [0.4, 0.5) is 0 Å². The summed E-state index contributed by atoms with van der Waals surface area (Å²) in [5.41, 5.74) is -0.400. The molecule has 0 saturated heterocycles. The molecule has 0 atom stereocenters. The zero-order valence-electron chi connectivity index (χ0n) is 12.1. The summed E-state index contributed by atoms with van der Waals surface area (Å²) in [5.74, 6) is 0.426. The van der Waals surface area contributed by atoms with E-state index in [9.17, 15) is 10.1 Å². The minimum atomic E-state index is -0.400. The zero-order valence-corrected chi connectivity index (χ0v) is 12.1. The van der Waals surface area contributed by atoms with Crippen LogP contribution in [-0.2, 0) is 4.79 Å². The van der Waals surface area contributed by atoms with Gasteiger partial charge >= 0.3 is 0 Å². The van der Waals surface area contributed by atoms with Gasteiger partial charge in [-0.2, -0.15) is 5.26 Å². The maximum Gasteiger partial charge on any atom is 0.225 e. The Labute approximate surface area is 116 Å². The van der Waals surface area contributed by atoms with Crippen molar-refractivity contribution in [3.8, 4) is 6.07 Å². The maximum absolute atomic E-state index is 12.5. The lowest BCUT2D eigenvalue weighted by Gasteiger charge is -2.36. The van der Waals surface area contributed by atoms with Crippen LogP contribution >= 0.6 is 0 Å². The Morgan fingerprint density at radius 3 is 2.32 bits per heavy atom. The predicted molar refractivity (Wildman–Crippen MR) is 74.4 cm³/mol. The molecule has 2 aliphatic rings. The van der Waals surface area contributed by atoms with Crippen LogP contribution in [0.1, 0.15) is 51.4 Å². The topological polar surface area (TPSA) is 56.1 Å². The SMILES string of the molecule is CNC1(C#N)CCC(C(=O)N(C)C2CCCC2)CC1. The van der Waals surface area contributed by atoms with Crippen LogP contribution in [0.2, 0.25) is 0 Å². The summed E-state index contributed by atoms with van der Waals surface area (Å²) < 4.78 is 0. The first kappa shape index (κ1) is 14.3. The van der Waals surface area contributed by atoms with Crippen molar-refractivity contribution in [2.24, 2.45) is 5.92 Å². The molecule has 0 aromatic carbocycles. The van der Waals surface area contributed by atoms with Crippen molar-refractivity contribution in [2.45, 2.75) is 62.9 Å².